The van der Waals surface area contributed by atoms with E-state index < -0.39 is 12.4 Å². The van der Waals surface area contributed by atoms with Crippen molar-refractivity contribution in [1.82, 2.24) is 0 Å². The fraction of sp³-hybridized carbons (Fsp3) is 0.600. The quantitative estimate of drug-likeness (QED) is 0.649. The molecule has 18 heavy (non-hydrogen) atoms. The minimum absolute atomic E-state index is 0.0875. The summed E-state index contributed by atoms with van der Waals surface area (Å²) in [5.74, 6) is 0.122. The van der Waals surface area contributed by atoms with Crippen LogP contribution in [0.3, 0.4) is 0 Å². The van der Waals surface area contributed by atoms with Gasteiger partial charge < -0.3 is 14.9 Å². The van der Waals surface area contributed by atoms with Gasteiger partial charge in [0, 0.05) is 5.92 Å². The van der Waals surface area contributed by atoms with Crippen molar-refractivity contribution in [2.24, 2.45) is 5.92 Å². The van der Waals surface area contributed by atoms with Gasteiger partial charge in [-0.05, 0) is 43.8 Å². The highest BCUT2D eigenvalue weighted by molar-refractivity contribution is 5.20. The summed E-state index contributed by atoms with van der Waals surface area (Å²) < 4.78 is 5.53. The molecule has 3 nitrogen and oxygen atoms in total. The van der Waals surface area contributed by atoms with Crippen LogP contribution in [0.25, 0.3) is 0 Å². The van der Waals surface area contributed by atoms with Crippen molar-refractivity contribution in [3.05, 3.63) is 36.0 Å². The van der Waals surface area contributed by atoms with E-state index >= 15 is 0 Å². The molecule has 1 saturated heterocycles. The van der Waals surface area contributed by atoms with Gasteiger partial charge in [-0.15, -0.1) is 0 Å². The molecule has 100 valence electrons. The molecule has 0 spiro atoms. The van der Waals surface area contributed by atoms with Crippen LogP contribution in [-0.2, 0) is 4.74 Å². The molecule has 4 atom stereocenters. The van der Waals surface area contributed by atoms with Crippen LogP contribution in [0.5, 0.6) is 0 Å². The predicted molar refractivity (Wildman–Crippen MR) is 70.9 cm³/mol. The van der Waals surface area contributed by atoms with Gasteiger partial charge in [0.25, 0.3) is 0 Å². The van der Waals surface area contributed by atoms with E-state index in [4.69, 9.17) is 4.74 Å². The summed E-state index contributed by atoms with van der Waals surface area (Å²) in [4.78, 5) is 0. The Labute approximate surface area is 108 Å². The smallest absolute Gasteiger partial charge is 0.177 e. The van der Waals surface area contributed by atoms with E-state index in [1.54, 1.807) is 0 Å². The van der Waals surface area contributed by atoms with Crippen molar-refractivity contribution in [2.45, 2.75) is 51.1 Å². The molecular weight excluding hydrogens is 228 g/mol. The molecule has 0 amide bonds. The van der Waals surface area contributed by atoms with Gasteiger partial charge in [-0.2, -0.15) is 0 Å². The summed E-state index contributed by atoms with van der Waals surface area (Å²) in [6.45, 7) is 9.90. The largest absolute Gasteiger partial charge is 0.389 e. The highest BCUT2D eigenvalue weighted by Gasteiger charge is 2.36. The molecule has 0 bridgehead atoms. The molecule has 0 aromatic rings. The zero-order chi connectivity index (χ0) is 13.3. The van der Waals surface area contributed by atoms with Crippen molar-refractivity contribution in [3.63, 3.8) is 0 Å². The van der Waals surface area contributed by atoms with Crippen LogP contribution in [0, 0.1) is 5.92 Å². The first-order chi connectivity index (χ1) is 8.49. The molecule has 1 aliphatic carbocycles. The maximum Gasteiger partial charge on any atom is 0.177 e. The van der Waals surface area contributed by atoms with E-state index in [9.17, 15) is 10.2 Å². The highest BCUT2D eigenvalue weighted by Crippen LogP contribution is 2.36. The number of fused-ring (bicyclic) bond motifs is 1. The predicted octanol–water partition coefficient (Wildman–Crippen LogP) is 2.31. The first kappa shape index (κ1) is 13.5. The van der Waals surface area contributed by atoms with E-state index in [1.807, 2.05) is 6.92 Å². The fourth-order valence-corrected chi connectivity index (χ4v) is 2.67. The van der Waals surface area contributed by atoms with Crippen LogP contribution >= 0.6 is 0 Å². The Morgan fingerprint density at radius 1 is 1.22 bits per heavy atom. The number of allylic oxidation sites excluding steroid dienone is 1. The molecule has 2 N–H and O–H groups in total. The van der Waals surface area contributed by atoms with E-state index in [0.29, 0.717) is 6.42 Å². The number of ether oxygens (including phenoxy) is 1. The molecule has 2 rings (SSSR count). The summed E-state index contributed by atoms with van der Waals surface area (Å²) in [6.07, 6.45) is 3.80. The van der Waals surface area contributed by atoms with Crippen LogP contribution in [0.4, 0.5) is 0 Å². The number of hydrogen-bond donors (Lipinski definition) is 2. The van der Waals surface area contributed by atoms with Crippen LogP contribution in [0.2, 0.25) is 0 Å². The minimum atomic E-state index is -0.858. The molecule has 0 aromatic carbocycles. The second kappa shape index (κ2) is 5.39. The Bertz CT molecular complexity index is 383. The molecule has 0 aromatic heterocycles. The van der Waals surface area contributed by atoms with Crippen LogP contribution in [0.15, 0.2) is 36.0 Å². The standard InChI is InChI=1S/C15H22O3/c1-9-4-7-13(16)10(2)5-6-12-11(3)15(17)18-14(12)8-9/h8,12-17H,2-7H2,1H3/b9-8+/t12-,13+,14+,15?/m0/s1. The lowest BCUT2D eigenvalue weighted by Gasteiger charge is -2.21. The third-order valence-electron chi connectivity index (χ3n) is 3.98. The molecule has 0 radical (unpaired) electrons. The summed E-state index contributed by atoms with van der Waals surface area (Å²) in [6, 6.07) is 0. The van der Waals surface area contributed by atoms with Gasteiger partial charge in [0.05, 0.1) is 12.2 Å². The number of hydrogen-bond acceptors (Lipinski definition) is 3. The van der Waals surface area contributed by atoms with E-state index in [1.165, 1.54) is 5.57 Å². The van der Waals surface area contributed by atoms with E-state index in [0.717, 1.165) is 30.4 Å². The van der Waals surface area contributed by atoms with Crippen LogP contribution in [0.1, 0.15) is 32.6 Å². The SMILES string of the molecule is C=C1CC[C@H]2C(=C)C(O)O[C@@H]2/C=C(\C)CC[C@H]1O. The van der Waals surface area contributed by atoms with Gasteiger partial charge in [-0.3, -0.25) is 0 Å². The summed E-state index contributed by atoms with van der Waals surface area (Å²) >= 11 is 0. The van der Waals surface area contributed by atoms with Gasteiger partial charge in [-0.25, -0.2) is 0 Å². The Morgan fingerprint density at radius 2 is 1.94 bits per heavy atom. The number of aliphatic hydroxyl groups is 2. The zero-order valence-corrected chi connectivity index (χ0v) is 10.9. The van der Waals surface area contributed by atoms with Crippen molar-refractivity contribution in [1.29, 1.82) is 0 Å². The molecule has 1 heterocycles. The van der Waals surface area contributed by atoms with Crippen molar-refractivity contribution in [2.75, 3.05) is 0 Å². The Kier molecular flexibility index (Phi) is 4.05. The molecular formula is C15H22O3. The summed E-state index contributed by atoms with van der Waals surface area (Å²) in [7, 11) is 0. The summed E-state index contributed by atoms with van der Waals surface area (Å²) in [5.41, 5.74) is 2.80. The highest BCUT2D eigenvalue weighted by atomic mass is 16.6. The van der Waals surface area contributed by atoms with Crippen LogP contribution in [-0.4, -0.2) is 28.7 Å². The van der Waals surface area contributed by atoms with Gasteiger partial charge in [-0.1, -0.05) is 24.8 Å². The monoisotopic (exact) mass is 250 g/mol. The number of rotatable bonds is 0. The Morgan fingerprint density at radius 3 is 2.67 bits per heavy atom. The van der Waals surface area contributed by atoms with Gasteiger partial charge in [0.15, 0.2) is 6.29 Å². The van der Waals surface area contributed by atoms with Crippen LogP contribution < -0.4 is 0 Å². The van der Waals surface area contributed by atoms with Crippen molar-refractivity contribution in [3.8, 4) is 0 Å². The lowest BCUT2D eigenvalue weighted by molar-refractivity contribution is -0.0651. The second-order valence-electron chi connectivity index (χ2n) is 5.40. The van der Waals surface area contributed by atoms with E-state index in [-0.39, 0.29) is 12.0 Å². The lowest BCUT2D eigenvalue weighted by atomic mass is 9.86. The molecule has 0 saturated carbocycles. The zero-order valence-electron chi connectivity index (χ0n) is 10.9. The Hall–Kier alpha value is -0.900. The first-order valence-electron chi connectivity index (χ1n) is 6.54. The minimum Gasteiger partial charge on any atom is -0.389 e. The Balaban J connectivity index is 2.21. The third-order valence-corrected chi connectivity index (χ3v) is 3.98. The third kappa shape index (κ3) is 2.74. The van der Waals surface area contributed by atoms with Gasteiger partial charge >= 0.3 is 0 Å². The van der Waals surface area contributed by atoms with Crippen molar-refractivity contribution >= 4 is 0 Å². The number of aliphatic hydroxyl groups excluding tert-OH is 2. The van der Waals surface area contributed by atoms with Crippen molar-refractivity contribution < 1.29 is 14.9 Å². The normalized spacial score (nSPS) is 41.2. The summed E-state index contributed by atoms with van der Waals surface area (Å²) in [5, 5.41) is 19.7. The molecule has 1 fully saturated rings. The fourth-order valence-electron chi connectivity index (χ4n) is 2.67. The molecule has 3 heteroatoms. The van der Waals surface area contributed by atoms with Gasteiger partial charge in [0.2, 0.25) is 0 Å². The van der Waals surface area contributed by atoms with E-state index in [2.05, 4.69) is 19.2 Å². The topological polar surface area (TPSA) is 49.7 Å². The lowest BCUT2D eigenvalue weighted by Crippen LogP contribution is -2.18. The second-order valence-corrected chi connectivity index (χ2v) is 5.40. The molecule has 1 unspecified atom stereocenters. The molecule has 1 aliphatic heterocycles. The average molecular weight is 250 g/mol. The average Bonchev–Trinajstić information content (AvgIpc) is 2.58. The molecule has 2 aliphatic rings. The maximum atomic E-state index is 9.95. The van der Waals surface area contributed by atoms with Gasteiger partial charge in [0.1, 0.15) is 0 Å². The first-order valence-corrected chi connectivity index (χ1v) is 6.54. The maximum absolute atomic E-state index is 9.95.